The summed E-state index contributed by atoms with van der Waals surface area (Å²) in [5.41, 5.74) is 1.80. The van der Waals surface area contributed by atoms with E-state index in [1.54, 1.807) is 11.3 Å². The lowest BCUT2D eigenvalue weighted by Gasteiger charge is -2.30. The molecule has 0 saturated carbocycles. The quantitative estimate of drug-likeness (QED) is 0.675. The van der Waals surface area contributed by atoms with E-state index >= 15 is 0 Å². The van der Waals surface area contributed by atoms with Gasteiger partial charge in [-0.2, -0.15) is 0 Å². The summed E-state index contributed by atoms with van der Waals surface area (Å²) in [6, 6.07) is 14.2. The maximum atomic E-state index is 12.8. The first-order chi connectivity index (χ1) is 14.8. The van der Waals surface area contributed by atoms with Crippen LogP contribution in [0.2, 0.25) is 0 Å². The van der Waals surface area contributed by atoms with Crippen molar-refractivity contribution >= 4 is 33.1 Å². The van der Waals surface area contributed by atoms with Crippen LogP contribution in [-0.2, 0) is 4.79 Å². The molecule has 2 aliphatic heterocycles. The predicted octanol–water partition coefficient (Wildman–Crippen LogP) is 3.21. The molecule has 1 fully saturated rings. The predicted molar refractivity (Wildman–Crippen MR) is 118 cm³/mol. The Morgan fingerprint density at radius 2 is 1.97 bits per heavy atom. The molecule has 2 aromatic carbocycles. The second kappa shape index (κ2) is 8.62. The highest BCUT2D eigenvalue weighted by molar-refractivity contribution is 7.18. The van der Waals surface area contributed by atoms with E-state index in [1.165, 1.54) is 16.0 Å². The van der Waals surface area contributed by atoms with Gasteiger partial charge in [0.1, 0.15) is 6.04 Å². The van der Waals surface area contributed by atoms with Crippen molar-refractivity contribution in [2.24, 2.45) is 0 Å². The average molecular weight is 425 g/mol. The molecule has 7 heteroatoms. The number of fused-ring (bicyclic) bond motifs is 2. The summed E-state index contributed by atoms with van der Waals surface area (Å²) < 4.78 is 12.6. The number of rotatable bonds is 4. The van der Waals surface area contributed by atoms with Gasteiger partial charge < -0.3 is 19.7 Å². The lowest BCUT2D eigenvalue weighted by Crippen LogP contribution is -3.14. The summed E-state index contributed by atoms with van der Waals surface area (Å²) >= 11 is 1.76. The smallest absolute Gasteiger partial charge is 0.279 e. The Morgan fingerprint density at radius 1 is 1.10 bits per heavy atom. The van der Waals surface area contributed by atoms with Crippen molar-refractivity contribution in [3.05, 3.63) is 47.5 Å². The fourth-order valence-corrected chi connectivity index (χ4v) is 5.44. The molecular weight excluding hydrogens is 398 g/mol. The molecule has 156 valence electrons. The fourth-order valence-electron chi connectivity index (χ4n) is 4.28. The van der Waals surface area contributed by atoms with Crippen LogP contribution in [0.15, 0.2) is 42.5 Å². The number of hydrogen-bond donors (Lipinski definition) is 2. The highest BCUT2D eigenvalue weighted by atomic mass is 32.1. The van der Waals surface area contributed by atoms with E-state index < -0.39 is 0 Å². The number of carbonyl (C=O) groups excluding carboxylic acids is 1. The molecule has 0 aliphatic carbocycles. The third kappa shape index (κ3) is 4.13. The van der Waals surface area contributed by atoms with Crippen molar-refractivity contribution in [3.63, 3.8) is 0 Å². The van der Waals surface area contributed by atoms with Gasteiger partial charge >= 0.3 is 0 Å². The van der Waals surface area contributed by atoms with Gasteiger partial charge in [-0.1, -0.05) is 12.1 Å². The van der Waals surface area contributed by atoms with Gasteiger partial charge in [-0.15, -0.1) is 11.3 Å². The van der Waals surface area contributed by atoms with Gasteiger partial charge in [-0.3, -0.25) is 4.79 Å². The number of likely N-dealkylation sites (tertiary alicyclic amines) is 1. The molecule has 6 nitrogen and oxygen atoms in total. The number of quaternary nitrogens is 1. The molecule has 2 aliphatic rings. The molecule has 1 amide bonds. The Morgan fingerprint density at radius 3 is 2.87 bits per heavy atom. The van der Waals surface area contributed by atoms with Gasteiger partial charge in [0.2, 0.25) is 0 Å². The van der Waals surface area contributed by atoms with Crippen molar-refractivity contribution in [1.82, 2.24) is 4.98 Å². The molecule has 0 bridgehead atoms. The normalized spacial score (nSPS) is 21.2. The van der Waals surface area contributed by atoms with Crippen molar-refractivity contribution < 1.29 is 19.2 Å². The van der Waals surface area contributed by atoms with Crippen LogP contribution in [0.5, 0.6) is 11.5 Å². The van der Waals surface area contributed by atoms with Crippen LogP contribution in [-0.4, -0.2) is 37.2 Å². The minimum atomic E-state index is 0.0208. The maximum absolute atomic E-state index is 12.8. The fraction of sp³-hybridized carbons (Fsp3) is 0.391. The summed E-state index contributed by atoms with van der Waals surface area (Å²) in [7, 11) is 0. The highest BCUT2D eigenvalue weighted by Gasteiger charge is 2.32. The van der Waals surface area contributed by atoms with Gasteiger partial charge in [0, 0.05) is 24.6 Å². The number of nitrogens with one attached hydrogen (secondary N) is 2. The number of piperidine rings is 1. The number of para-hydroxylation sites is 1. The third-order valence-electron chi connectivity index (χ3n) is 5.76. The van der Waals surface area contributed by atoms with Gasteiger partial charge in [-0.05, 0) is 37.1 Å². The summed E-state index contributed by atoms with van der Waals surface area (Å²) in [4.78, 5) is 19.0. The van der Waals surface area contributed by atoms with Crippen LogP contribution in [0, 0.1) is 0 Å². The van der Waals surface area contributed by atoms with Crippen molar-refractivity contribution in [2.75, 3.05) is 31.6 Å². The van der Waals surface area contributed by atoms with E-state index in [1.807, 2.05) is 24.3 Å². The second-order valence-corrected chi connectivity index (χ2v) is 8.98. The van der Waals surface area contributed by atoms with E-state index in [2.05, 4.69) is 23.5 Å². The second-order valence-electron chi connectivity index (χ2n) is 7.91. The number of ether oxygens (including phenoxy) is 2. The molecule has 1 aromatic heterocycles. The Kier molecular flexibility index (Phi) is 5.55. The Balaban J connectivity index is 1.28. The van der Waals surface area contributed by atoms with Crippen molar-refractivity contribution in [1.29, 1.82) is 0 Å². The molecule has 1 unspecified atom stereocenters. The maximum Gasteiger partial charge on any atom is 0.279 e. The largest absolute Gasteiger partial charge is 0.490 e. The van der Waals surface area contributed by atoms with Crippen LogP contribution in [0.1, 0.15) is 36.7 Å². The lowest BCUT2D eigenvalue weighted by molar-refractivity contribution is -0.929. The Labute approximate surface area is 179 Å². The topological polar surface area (TPSA) is 64.9 Å². The Bertz CT molecular complexity index is 1020. The zero-order chi connectivity index (χ0) is 20.3. The summed E-state index contributed by atoms with van der Waals surface area (Å²) in [6.07, 6.45) is 4.27. The van der Waals surface area contributed by atoms with E-state index in [0.717, 1.165) is 47.8 Å². The summed E-state index contributed by atoms with van der Waals surface area (Å²) in [5, 5.41) is 4.19. The molecule has 0 spiro atoms. The number of aromatic nitrogens is 1. The molecule has 0 radical (unpaired) electrons. The van der Waals surface area contributed by atoms with Crippen LogP contribution in [0.4, 0.5) is 5.69 Å². The Hall–Kier alpha value is -2.64. The number of anilines is 1. The summed E-state index contributed by atoms with van der Waals surface area (Å²) in [5.74, 6) is 1.46. The zero-order valence-corrected chi connectivity index (χ0v) is 17.7. The van der Waals surface area contributed by atoms with E-state index in [9.17, 15) is 4.79 Å². The first kappa shape index (κ1) is 19.3. The molecule has 30 heavy (non-hydrogen) atoms. The average Bonchev–Trinajstić information content (AvgIpc) is 3.05. The molecule has 3 heterocycles. The van der Waals surface area contributed by atoms with Crippen LogP contribution in [0.25, 0.3) is 10.2 Å². The SMILES string of the molecule is O=C(C[NH+]1CCCC[C@@H]1c1nc2ccccc2s1)Nc1ccc2c(c1)OCCCO2. The molecule has 3 aromatic rings. The van der Waals surface area contributed by atoms with Crippen molar-refractivity contribution in [2.45, 2.75) is 31.7 Å². The minimum absolute atomic E-state index is 0.0208. The third-order valence-corrected chi connectivity index (χ3v) is 6.91. The number of carbonyl (C=O) groups is 1. The number of thiazole rings is 1. The molecule has 2 N–H and O–H groups in total. The van der Waals surface area contributed by atoms with Gasteiger partial charge in [0.15, 0.2) is 23.1 Å². The number of amides is 1. The van der Waals surface area contributed by atoms with E-state index in [-0.39, 0.29) is 11.9 Å². The molecule has 5 rings (SSSR count). The highest BCUT2D eigenvalue weighted by Crippen LogP contribution is 2.32. The van der Waals surface area contributed by atoms with Crippen LogP contribution < -0.4 is 19.7 Å². The van der Waals surface area contributed by atoms with Crippen molar-refractivity contribution in [3.8, 4) is 11.5 Å². The first-order valence-electron chi connectivity index (χ1n) is 10.7. The zero-order valence-electron chi connectivity index (χ0n) is 16.9. The van der Waals surface area contributed by atoms with E-state index in [4.69, 9.17) is 14.5 Å². The summed E-state index contributed by atoms with van der Waals surface area (Å²) in [6.45, 7) is 2.72. The van der Waals surface area contributed by atoms with Gasteiger partial charge in [0.25, 0.3) is 5.91 Å². The number of nitrogens with zero attached hydrogens (tertiary/aromatic N) is 1. The molecule has 1 saturated heterocycles. The minimum Gasteiger partial charge on any atom is -0.490 e. The van der Waals surface area contributed by atoms with E-state index in [0.29, 0.717) is 25.5 Å². The van der Waals surface area contributed by atoms with Gasteiger partial charge in [-0.25, -0.2) is 4.98 Å². The first-order valence-corrected chi connectivity index (χ1v) is 11.5. The van der Waals surface area contributed by atoms with Crippen LogP contribution >= 0.6 is 11.3 Å². The monoisotopic (exact) mass is 424 g/mol. The molecular formula is C23H26N3O3S+. The van der Waals surface area contributed by atoms with Gasteiger partial charge in [0.05, 0.1) is 30.0 Å². The van der Waals surface area contributed by atoms with Crippen LogP contribution in [0.3, 0.4) is 0 Å². The number of benzene rings is 2. The standard InChI is InChI=1S/C23H25N3O3S/c27-22(24-16-9-10-19-20(14-16)29-13-5-12-28-19)15-26-11-4-3-7-18(26)23-25-17-6-1-2-8-21(17)30-23/h1-2,6,8-10,14,18H,3-5,7,11-13,15H2,(H,24,27)/p+1/t18-/m1/s1. The lowest BCUT2D eigenvalue weighted by atomic mass is 10.0. The number of hydrogen-bond acceptors (Lipinski definition) is 5. The molecule has 2 atom stereocenters.